The highest BCUT2D eigenvalue weighted by molar-refractivity contribution is 5.95. The number of nitrogen functional groups attached to an aromatic ring is 1. The summed E-state index contributed by atoms with van der Waals surface area (Å²) in [5, 5.41) is 7.37. The Kier molecular flexibility index (Phi) is 4.04. The first-order chi connectivity index (χ1) is 8.75. The third kappa shape index (κ3) is 3.40. The second kappa shape index (κ2) is 5.93. The summed E-state index contributed by atoms with van der Waals surface area (Å²) in [6.07, 6.45) is 3.52. The molecule has 0 atom stereocenters. The van der Waals surface area contributed by atoms with Gasteiger partial charge in [0.1, 0.15) is 5.84 Å². The van der Waals surface area contributed by atoms with Crippen LogP contribution in [0.4, 0.5) is 0 Å². The number of hydrogen-bond acceptors (Lipinski definition) is 3. The lowest BCUT2D eigenvalue weighted by atomic mass is 10.1. The van der Waals surface area contributed by atoms with Crippen LogP contribution in [0, 0.1) is 5.41 Å². The molecule has 2 rings (SSSR count). The Morgan fingerprint density at radius 1 is 1.17 bits per heavy atom. The molecule has 0 aliphatic heterocycles. The average molecular weight is 241 g/mol. The van der Waals surface area contributed by atoms with Gasteiger partial charge in [-0.1, -0.05) is 24.3 Å². The van der Waals surface area contributed by atoms with E-state index in [1.807, 2.05) is 36.4 Å². The van der Waals surface area contributed by atoms with Gasteiger partial charge >= 0.3 is 0 Å². The van der Waals surface area contributed by atoms with Gasteiger partial charge in [0, 0.05) is 18.0 Å². The van der Waals surface area contributed by atoms with Crippen molar-refractivity contribution in [3.8, 4) is 0 Å². The van der Waals surface area contributed by atoms with Crippen molar-refractivity contribution in [2.75, 3.05) is 0 Å². The van der Waals surface area contributed by atoms with Crippen molar-refractivity contribution >= 4 is 5.84 Å². The van der Waals surface area contributed by atoms with Crippen LogP contribution < -0.4 is 5.73 Å². The molecule has 0 unspecified atom stereocenters. The van der Waals surface area contributed by atoms with Gasteiger partial charge in [0.25, 0.3) is 0 Å². The molecular weight excluding hydrogens is 226 g/mol. The van der Waals surface area contributed by atoms with Gasteiger partial charge in [-0.2, -0.15) is 0 Å². The van der Waals surface area contributed by atoms with E-state index >= 15 is 0 Å². The summed E-state index contributed by atoms with van der Waals surface area (Å²) in [5.41, 5.74) is 8.20. The van der Waals surface area contributed by atoms with Gasteiger partial charge in [-0.3, -0.25) is 10.4 Å². The second-order valence-electron chi connectivity index (χ2n) is 3.97. The van der Waals surface area contributed by atoms with Gasteiger partial charge in [0.2, 0.25) is 0 Å². The molecule has 2 aromatic rings. The Labute approximate surface area is 106 Å². The molecular formula is C14H15N3O. The van der Waals surface area contributed by atoms with E-state index in [0.717, 1.165) is 16.7 Å². The van der Waals surface area contributed by atoms with Gasteiger partial charge < -0.3 is 10.5 Å². The molecule has 1 aromatic carbocycles. The SMILES string of the molecule is N=C(N)c1cccc(COCc2cccnc2)c1. The molecule has 0 aliphatic carbocycles. The molecule has 0 amide bonds. The average Bonchev–Trinajstić information content (AvgIpc) is 2.40. The number of amidine groups is 1. The monoisotopic (exact) mass is 241 g/mol. The lowest BCUT2D eigenvalue weighted by molar-refractivity contribution is 0.107. The number of hydrogen-bond donors (Lipinski definition) is 2. The van der Waals surface area contributed by atoms with Gasteiger partial charge in [-0.25, -0.2) is 0 Å². The van der Waals surface area contributed by atoms with E-state index in [2.05, 4.69) is 4.98 Å². The van der Waals surface area contributed by atoms with Crippen molar-refractivity contribution < 1.29 is 4.74 Å². The van der Waals surface area contributed by atoms with E-state index in [4.69, 9.17) is 15.9 Å². The van der Waals surface area contributed by atoms with E-state index in [1.54, 1.807) is 12.4 Å². The van der Waals surface area contributed by atoms with Crippen LogP contribution in [-0.4, -0.2) is 10.8 Å². The van der Waals surface area contributed by atoms with Crippen molar-refractivity contribution in [3.63, 3.8) is 0 Å². The molecule has 0 bridgehead atoms. The maximum Gasteiger partial charge on any atom is 0.122 e. The summed E-state index contributed by atoms with van der Waals surface area (Å²) in [7, 11) is 0. The number of benzene rings is 1. The van der Waals surface area contributed by atoms with E-state index < -0.39 is 0 Å². The van der Waals surface area contributed by atoms with Crippen molar-refractivity contribution in [1.82, 2.24) is 4.98 Å². The summed E-state index contributed by atoms with van der Waals surface area (Å²) in [4.78, 5) is 4.02. The number of pyridine rings is 1. The molecule has 1 heterocycles. The zero-order valence-electron chi connectivity index (χ0n) is 9.97. The molecule has 0 fully saturated rings. The fourth-order valence-electron chi connectivity index (χ4n) is 1.60. The van der Waals surface area contributed by atoms with Crippen LogP contribution in [0.1, 0.15) is 16.7 Å². The Morgan fingerprint density at radius 3 is 2.67 bits per heavy atom. The number of nitrogens with one attached hydrogen (secondary N) is 1. The largest absolute Gasteiger partial charge is 0.384 e. The number of aromatic nitrogens is 1. The lowest BCUT2D eigenvalue weighted by Gasteiger charge is -2.06. The zero-order chi connectivity index (χ0) is 12.8. The summed E-state index contributed by atoms with van der Waals surface area (Å²) < 4.78 is 5.59. The van der Waals surface area contributed by atoms with Crippen LogP contribution in [0.25, 0.3) is 0 Å². The van der Waals surface area contributed by atoms with Crippen LogP contribution in [-0.2, 0) is 18.0 Å². The highest BCUT2D eigenvalue weighted by Crippen LogP contribution is 2.08. The minimum absolute atomic E-state index is 0.0732. The third-order valence-corrected chi connectivity index (χ3v) is 2.50. The van der Waals surface area contributed by atoms with E-state index in [0.29, 0.717) is 13.2 Å². The predicted octanol–water partition coefficient (Wildman–Crippen LogP) is 2.08. The molecule has 4 nitrogen and oxygen atoms in total. The molecule has 92 valence electrons. The predicted molar refractivity (Wildman–Crippen MR) is 70.2 cm³/mol. The highest BCUT2D eigenvalue weighted by atomic mass is 16.5. The van der Waals surface area contributed by atoms with Crippen molar-refractivity contribution in [2.45, 2.75) is 13.2 Å². The Bertz CT molecular complexity index is 526. The Morgan fingerprint density at radius 2 is 1.94 bits per heavy atom. The van der Waals surface area contributed by atoms with Crippen molar-refractivity contribution in [1.29, 1.82) is 5.41 Å². The topological polar surface area (TPSA) is 72.0 Å². The first-order valence-corrected chi connectivity index (χ1v) is 5.65. The molecule has 0 saturated carbocycles. The molecule has 18 heavy (non-hydrogen) atoms. The van der Waals surface area contributed by atoms with Crippen LogP contribution in [0.2, 0.25) is 0 Å². The fourth-order valence-corrected chi connectivity index (χ4v) is 1.60. The molecule has 0 radical (unpaired) electrons. The maximum absolute atomic E-state index is 7.37. The standard InChI is InChI=1S/C14H15N3O/c15-14(16)13-5-1-3-11(7-13)9-18-10-12-4-2-6-17-8-12/h1-8H,9-10H2,(H3,15,16). The summed E-state index contributed by atoms with van der Waals surface area (Å²) in [6.45, 7) is 1.02. The lowest BCUT2D eigenvalue weighted by Crippen LogP contribution is -2.11. The van der Waals surface area contributed by atoms with Gasteiger partial charge in [0.15, 0.2) is 0 Å². The van der Waals surface area contributed by atoms with Crippen LogP contribution in [0.5, 0.6) is 0 Å². The first-order valence-electron chi connectivity index (χ1n) is 5.65. The first kappa shape index (κ1) is 12.3. The molecule has 0 aliphatic rings. The fraction of sp³-hybridized carbons (Fsp3) is 0.143. The van der Waals surface area contributed by atoms with Crippen LogP contribution >= 0.6 is 0 Å². The smallest absolute Gasteiger partial charge is 0.122 e. The molecule has 1 aromatic heterocycles. The van der Waals surface area contributed by atoms with Crippen LogP contribution in [0.3, 0.4) is 0 Å². The van der Waals surface area contributed by atoms with E-state index in [9.17, 15) is 0 Å². The highest BCUT2D eigenvalue weighted by Gasteiger charge is 1.99. The van der Waals surface area contributed by atoms with Gasteiger partial charge in [-0.05, 0) is 23.3 Å². The molecule has 0 saturated heterocycles. The van der Waals surface area contributed by atoms with Crippen LogP contribution in [0.15, 0.2) is 48.8 Å². The van der Waals surface area contributed by atoms with Gasteiger partial charge in [-0.15, -0.1) is 0 Å². The molecule has 3 N–H and O–H groups in total. The minimum atomic E-state index is 0.0732. The third-order valence-electron chi connectivity index (χ3n) is 2.50. The van der Waals surface area contributed by atoms with E-state index in [1.165, 1.54) is 0 Å². The van der Waals surface area contributed by atoms with E-state index in [-0.39, 0.29) is 5.84 Å². The minimum Gasteiger partial charge on any atom is -0.384 e. The normalized spacial score (nSPS) is 10.2. The Balaban J connectivity index is 1.90. The second-order valence-corrected chi connectivity index (χ2v) is 3.97. The van der Waals surface area contributed by atoms with Crippen molar-refractivity contribution in [2.24, 2.45) is 5.73 Å². The number of nitrogens with zero attached hydrogens (tertiary/aromatic N) is 1. The molecule has 0 spiro atoms. The Hall–Kier alpha value is -2.20. The van der Waals surface area contributed by atoms with Gasteiger partial charge in [0.05, 0.1) is 13.2 Å². The number of rotatable bonds is 5. The summed E-state index contributed by atoms with van der Waals surface area (Å²) >= 11 is 0. The van der Waals surface area contributed by atoms with Crippen molar-refractivity contribution in [3.05, 3.63) is 65.5 Å². The number of ether oxygens (including phenoxy) is 1. The maximum atomic E-state index is 7.37. The number of nitrogens with two attached hydrogens (primary N) is 1. The summed E-state index contributed by atoms with van der Waals surface area (Å²) in [5.74, 6) is 0.0732. The summed E-state index contributed by atoms with van der Waals surface area (Å²) in [6, 6.07) is 11.4. The zero-order valence-corrected chi connectivity index (χ0v) is 9.97. The quantitative estimate of drug-likeness (QED) is 0.622. The molecule has 4 heteroatoms.